The molecule has 0 unspecified atom stereocenters. The highest BCUT2D eigenvalue weighted by atomic mass is 19.1. The number of carbonyl (C=O) groups is 1. The first-order valence-corrected chi connectivity index (χ1v) is 12.1. The summed E-state index contributed by atoms with van der Waals surface area (Å²) in [6.07, 6.45) is 2.47. The summed E-state index contributed by atoms with van der Waals surface area (Å²) in [5.74, 6) is 0.331. The zero-order chi connectivity index (χ0) is 25.8. The van der Waals surface area contributed by atoms with E-state index in [-0.39, 0.29) is 16.7 Å². The van der Waals surface area contributed by atoms with Gasteiger partial charge >= 0.3 is 0 Å². The minimum atomic E-state index is -0.620. The van der Waals surface area contributed by atoms with Crippen LogP contribution < -0.4 is 19.9 Å². The molecule has 1 aliphatic heterocycles. The van der Waals surface area contributed by atoms with Crippen molar-refractivity contribution in [1.29, 1.82) is 0 Å². The van der Waals surface area contributed by atoms with Gasteiger partial charge in [0.2, 0.25) is 5.91 Å². The number of morpholine rings is 1. The molecule has 1 saturated heterocycles. The number of rotatable bonds is 9. The Morgan fingerprint density at radius 1 is 1.03 bits per heavy atom. The smallest absolute Gasteiger partial charge is 0.249 e. The van der Waals surface area contributed by atoms with Gasteiger partial charge in [-0.15, -0.1) is 0 Å². The Bertz CT molecular complexity index is 1440. The Morgan fingerprint density at radius 3 is 2.65 bits per heavy atom. The second-order valence-corrected chi connectivity index (χ2v) is 8.73. The van der Waals surface area contributed by atoms with Crippen LogP contribution in [-0.4, -0.2) is 62.4 Å². The Labute approximate surface area is 213 Å². The van der Waals surface area contributed by atoms with Gasteiger partial charge in [0, 0.05) is 48.2 Å². The van der Waals surface area contributed by atoms with Gasteiger partial charge in [-0.25, -0.2) is 4.39 Å². The normalized spacial score (nSPS) is 14.1. The van der Waals surface area contributed by atoms with E-state index in [1.807, 2.05) is 0 Å². The van der Waals surface area contributed by atoms with Gasteiger partial charge in [0.05, 0.1) is 32.4 Å². The van der Waals surface area contributed by atoms with Crippen molar-refractivity contribution in [2.24, 2.45) is 5.73 Å². The van der Waals surface area contributed by atoms with Crippen LogP contribution >= 0.6 is 0 Å². The van der Waals surface area contributed by atoms with Gasteiger partial charge in [0.15, 0.2) is 23.1 Å². The molecule has 1 amide bonds. The van der Waals surface area contributed by atoms with E-state index >= 15 is 4.39 Å². The Kier molecular flexibility index (Phi) is 7.34. The maximum atomic E-state index is 15.4. The third kappa shape index (κ3) is 5.28. The van der Waals surface area contributed by atoms with E-state index in [4.69, 9.17) is 24.7 Å². The van der Waals surface area contributed by atoms with E-state index in [1.165, 1.54) is 6.07 Å². The molecule has 8 nitrogen and oxygen atoms in total. The molecule has 1 aliphatic rings. The number of aromatic nitrogens is 1. The summed E-state index contributed by atoms with van der Waals surface area (Å²) in [5.41, 5.74) is 6.31. The van der Waals surface area contributed by atoms with Crippen LogP contribution in [0.15, 0.2) is 54.7 Å². The monoisotopic (exact) mass is 505 g/mol. The van der Waals surface area contributed by atoms with E-state index < -0.39 is 11.7 Å². The highest BCUT2D eigenvalue weighted by molar-refractivity contribution is 6.06. The maximum absolute atomic E-state index is 15.4. The van der Waals surface area contributed by atoms with E-state index in [9.17, 15) is 4.79 Å². The van der Waals surface area contributed by atoms with Crippen LogP contribution in [0.5, 0.6) is 23.0 Å². The number of ether oxygens (including phenoxy) is 4. The zero-order valence-electron chi connectivity index (χ0n) is 20.5. The summed E-state index contributed by atoms with van der Waals surface area (Å²) < 4.78 is 38.3. The van der Waals surface area contributed by atoms with Gasteiger partial charge in [-0.3, -0.25) is 14.7 Å². The van der Waals surface area contributed by atoms with Crippen LogP contribution in [0.25, 0.3) is 21.7 Å². The number of halogens is 1. The largest absolute Gasteiger partial charge is 0.493 e. The molecule has 9 heteroatoms. The lowest BCUT2D eigenvalue weighted by atomic mass is 10.0. The van der Waals surface area contributed by atoms with Crippen LogP contribution in [0.3, 0.4) is 0 Å². The van der Waals surface area contributed by atoms with E-state index in [2.05, 4.69) is 9.88 Å². The number of benzene rings is 3. The molecule has 2 N–H and O–H groups in total. The molecule has 3 aromatic carbocycles. The lowest BCUT2D eigenvalue weighted by Gasteiger charge is -2.26. The van der Waals surface area contributed by atoms with Gasteiger partial charge in [-0.2, -0.15) is 0 Å². The van der Waals surface area contributed by atoms with Gasteiger partial charge in [-0.1, -0.05) is 12.1 Å². The SMILES string of the molecule is COc1cc2c(Oc3ccc4c(C(N)=O)cccc4c3F)ccnc2cc1OCCCN1CCOCC1. The standard InChI is InChI=1S/C28H28FN3O5/c1-34-25-16-21-22(17-26(25)36-13-3-10-32-11-14-35-15-12-32)31-9-8-23(21)37-24-7-6-18-19(27(24)29)4-2-5-20(18)28(30)33/h2,4-9,16-17H,3,10-15H2,1H3,(H2,30,33). The highest BCUT2D eigenvalue weighted by Gasteiger charge is 2.17. The molecule has 0 bridgehead atoms. The van der Waals surface area contributed by atoms with Crippen molar-refractivity contribution in [3.63, 3.8) is 0 Å². The molecule has 0 aliphatic carbocycles. The van der Waals surface area contributed by atoms with Gasteiger partial charge in [0.1, 0.15) is 5.75 Å². The Hall–Kier alpha value is -3.95. The Balaban J connectivity index is 1.38. The third-order valence-corrected chi connectivity index (χ3v) is 6.41. The van der Waals surface area contributed by atoms with Crippen LogP contribution in [0.4, 0.5) is 4.39 Å². The first-order valence-electron chi connectivity index (χ1n) is 12.1. The summed E-state index contributed by atoms with van der Waals surface area (Å²) in [6.45, 7) is 4.89. The minimum absolute atomic E-state index is 0.0176. The van der Waals surface area contributed by atoms with Crippen LogP contribution in [-0.2, 0) is 4.74 Å². The summed E-state index contributed by atoms with van der Waals surface area (Å²) >= 11 is 0. The molecule has 37 heavy (non-hydrogen) atoms. The molecule has 0 saturated carbocycles. The number of amides is 1. The molecular weight excluding hydrogens is 477 g/mol. The topological polar surface area (TPSA) is 96.1 Å². The summed E-state index contributed by atoms with van der Waals surface area (Å²) in [6, 6.07) is 13.1. The van der Waals surface area contributed by atoms with E-state index in [0.29, 0.717) is 40.1 Å². The molecule has 1 aromatic heterocycles. The van der Waals surface area contributed by atoms with Gasteiger partial charge in [-0.05, 0) is 42.1 Å². The molecule has 192 valence electrons. The fraction of sp³-hybridized carbons (Fsp3) is 0.286. The number of nitrogens with zero attached hydrogens (tertiary/aromatic N) is 2. The number of hydrogen-bond donors (Lipinski definition) is 1. The number of primary amides is 1. The number of methoxy groups -OCH3 is 1. The van der Waals surface area contributed by atoms with Crippen molar-refractivity contribution >= 4 is 27.6 Å². The predicted octanol–water partition coefficient (Wildman–Crippen LogP) is 4.53. The molecule has 4 aromatic rings. The molecule has 1 fully saturated rings. The molecule has 0 radical (unpaired) electrons. The van der Waals surface area contributed by atoms with Crippen LogP contribution in [0.1, 0.15) is 16.8 Å². The van der Waals surface area contributed by atoms with Crippen molar-refractivity contribution in [1.82, 2.24) is 9.88 Å². The maximum Gasteiger partial charge on any atom is 0.249 e. The number of hydrogen-bond acceptors (Lipinski definition) is 7. The van der Waals surface area contributed by atoms with Crippen molar-refractivity contribution < 1.29 is 28.1 Å². The summed E-state index contributed by atoms with van der Waals surface area (Å²) in [7, 11) is 1.57. The van der Waals surface area contributed by atoms with Crippen LogP contribution in [0.2, 0.25) is 0 Å². The summed E-state index contributed by atoms with van der Waals surface area (Å²) in [5, 5.41) is 1.32. The van der Waals surface area contributed by atoms with E-state index in [0.717, 1.165) is 39.3 Å². The molecular formula is C28H28FN3O5. The fourth-order valence-corrected chi connectivity index (χ4v) is 4.50. The minimum Gasteiger partial charge on any atom is -0.493 e. The lowest BCUT2D eigenvalue weighted by Crippen LogP contribution is -2.37. The molecule has 5 rings (SSSR count). The second-order valence-electron chi connectivity index (χ2n) is 8.73. The van der Waals surface area contributed by atoms with Crippen molar-refractivity contribution in [3.05, 3.63) is 66.1 Å². The van der Waals surface area contributed by atoms with Gasteiger partial charge in [0.25, 0.3) is 0 Å². The molecule has 0 spiro atoms. The molecule has 0 atom stereocenters. The number of nitrogens with two attached hydrogens (primary N) is 1. The predicted molar refractivity (Wildman–Crippen MR) is 138 cm³/mol. The van der Waals surface area contributed by atoms with Crippen molar-refractivity contribution in [3.8, 4) is 23.0 Å². The van der Waals surface area contributed by atoms with Crippen molar-refractivity contribution in [2.45, 2.75) is 6.42 Å². The molecule has 2 heterocycles. The van der Waals surface area contributed by atoms with E-state index in [1.54, 1.807) is 55.8 Å². The van der Waals surface area contributed by atoms with Crippen LogP contribution in [0, 0.1) is 5.82 Å². The average molecular weight is 506 g/mol. The third-order valence-electron chi connectivity index (χ3n) is 6.41. The lowest BCUT2D eigenvalue weighted by molar-refractivity contribution is 0.0357. The summed E-state index contributed by atoms with van der Waals surface area (Å²) in [4.78, 5) is 18.5. The quantitative estimate of drug-likeness (QED) is 0.334. The highest BCUT2D eigenvalue weighted by Crippen LogP contribution is 2.38. The Morgan fingerprint density at radius 2 is 1.86 bits per heavy atom. The number of fused-ring (bicyclic) bond motifs is 2. The first kappa shape index (κ1) is 24.7. The first-order chi connectivity index (χ1) is 18.0. The van der Waals surface area contributed by atoms with Gasteiger partial charge < -0.3 is 24.7 Å². The fourth-order valence-electron chi connectivity index (χ4n) is 4.50. The number of carbonyl (C=O) groups excluding carboxylic acids is 1. The van der Waals surface area contributed by atoms with Crippen molar-refractivity contribution in [2.75, 3.05) is 46.6 Å². The second kappa shape index (κ2) is 11.0. The zero-order valence-corrected chi connectivity index (χ0v) is 20.5. The average Bonchev–Trinajstić information content (AvgIpc) is 2.92. The number of pyridine rings is 1.